The third kappa shape index (κ3) is 6.47. The molecule has 0 fully saturated rings. The molecule has 1 unspecified atom stereocenters. The van der Waals surface area contributed by atoms with Crippen molar-refractivity contribution in [2.24, 2.45) is 0 Å². The van der Waals surface area contributed by atoms with Crippen LogP contribution in [0.4, 0.5) is 0 Å². The molecule has 2 aromatic carbocycles. The van der Waals surface area contributed by atoms with Crippen molar-refractivity contribution in [3.05, 3.63) is 78.4 Å². The van der Waals surface area contributed by atoms with E-state index in [1.807, 2.05) is 12.1 Å². The Morgan fingerprint density at radius 3 is 2.39 bits per heavy atom. The number of nitrogens with one attached hydrogen (secondary N) is 1. The number of benzene rings is 2. The van der Waals surface area contributed by atoms with Gasteiger partial charge in [-0.1, -0.05) is 68.5 Å². The summed E-state index contributed by atoms with van der Waals surface area (Å²) in [6, 6.07) is 19.3. The van der Waals surface area contributed by atoms with Gasteiger partial charge in [0, 0.05) is 12.6 Å². The first-order chi connectivity index (χ1) is 10.8. The quantitative estimate of drug-likeness (QED) is 0.629. The highest BCUT2D eigenvalue weighted by atomic mass is 35.5. The minimum Gasteiger partial charge on any atom is -0.490 e. The zero-order valence-corrected chi connectivity index (χ0v) is 14.5. The highest BCUT2D eigenvalue weighted by Gasteiger charge is 2.09. The third-order valence-corrected chi connectivity index (χ3v) is 3.62. The minimum absolute atomic E-state index is 0. The molecule has 0 heterocycles. The van der Waals surface area contributed by atoms with Crippen LogP contribution in [0, 0.1) is 0 Å². The van der Waals surface area contributed by atoms with Crippen molar-refractivity contribution >= 4 is 12.4 Å². The molecule has 0 radical (unpaired) electrons. The van der Waals surface area contributed by atoms with E-state index in [1.54, 1.807) is 6.08 Å². The normalized spacial score (nSPS) is 11.3. The zero-order valence-electron chi connectivity index (χ0n) is 13.7. The van der Waals surface area contributed by atoms with Crippen LogP contribution in [0.25, 0.3) is 0 Å². The predicted molar refractivity (Wildman–Crippen MR) is 100 cm³/mol. The van der Waals surface area contributed by atoms with E-state index in [0.29, 0.717) is 12.6 Å². The Kier molecular flexibility index (Phi) is 9.11. The van der Waals surface area contributed by atoms with E-state index in [-0.39, 0.29) is 12.4 Å². The Morgan fingerprint density at radius 1 is 1.09 bits per heavy atom. The number of hydrogen-bond donors (Lipinski definition) is 1. The molecule has 0 saturated carbocycles. The molecule has 2 nitrogen and oxygen atoms in total. The van der Waals surface area contributed by atoms with Gasteiger partial charge < -0.3 is 10.1 Å². The summed E-state index contributed by atoms with van der Waals surface area (Å²) < 4.78 is 5.51. The van der Waals surface area contributed by atoms with Crippen molar-refractivity contribution < 1.29 is 4.74 Å². The summed E-state index contributed by atoms with van der Waals surface area (Å²) in [6.45, 7) is 7.29. The van der Waals surface area contributed by atoms with E-state index >= 15 is 0 Å². The molecule has 1 N–H and O–H groups in total. The fourth-order valence-electron chi connectivity index (χ4n) is 2.46. The third-order valence-electron chi connectivity index (χ3n) is 3.62. The van der Waals surface area contributed by atoms with Gasteiger partial charge in [0.15, 0.2) is 0 Å². The number of rotatable bonds is 9. The molecule has 2 rings (SSSR count). The molecule has 23 heavy (non-hydrogen) atoms. The zero-order chi connectivity index (χ0) is 15.6. The van der Waals surface area contributed by atoms with Crippen LogP contribution in [-0.2, 0) is 6.54 Å². The molecule has 0 amide bonds. The van der Waals surface area contributed by atoms with Gasteiger partial charge in [-0.25, -0.2) is 0 Å². The lowest BCUT2D eigenvalue weighted by atomic mass is 10.0. The van der Waals surface area contributed by atoms with Crippen molar-refractivity contribution in [1.29, 1.82) is 0 Å². The molecule has 0 aromatic heterocycles. The molecular formula is C20H26ClNO. The summed E-state index contributed by atoms with van der Waals surface area (Å²) in [5.41, 5.74) is 2.62. The van der Waals surface area contributed by atoms with E-state index < -0.39 is 0 Å². The van der Waals surface area contributed by atoms with Gasteiger partial charge in [0.2, 0.25) is 0 Å². The predicted octanol–water partition coefficient (Wildman–Crippen LogP) is 5.30. The first-order valence-electron chi connectivity index (χ1n) is 7.94. The van der Waals surface area contributed by atoms with Gasteiger partial charge in [-0.15, -0.1) is 12.4 Å². The monoisotopic (exact) mass is 331 g/mol. The van der Waals surface area contributed by atoms with Gasteiger partial charge in [-0.2, -0.15) is 0 Å². The Labute approximate surface area is 146 Å². The number of ether oxygens (including phenoxy) is 1. The highest BCUT2D eigenvalue weighted by Crippen LogP contribution is 2.19. The SMILES string of the molecule is C=CCOc1ccc(CNC(CCC)c2ccccc2)cc1.Cl. The topological polar surface area (TPSA) is 21.3 Å². The summed E-state index contributed by atoms with van der Waals surface area (Å²) in [4.78, 5) is 0. The van der Waals surface area contributed by atoms with E-state index in [4.69, 9.17) is 4.74 Å². The van der Waals surface area contributed by atoms with Gasteiger partial charge in [0.25, 0.3) is 0 Å². The molecule has 0 aliphatic heterocycles. The second-order valence-corrected chi connectivity index (χ2v) is 5.38. The number of hydrogen-bond acceptors (Lipinski definition) is 2. The van der Waals surface area contributed by atoms with Crippen molar-refractivity contribution in [1.82, 2.24) is 5.32 Å². The van der Waals surface area contributed by atoms with Crippen LogP contribution >= 0.6 is 12.4 Å². The first kappa shape index (κ1) is 19.3. The van der Waals surface area contributed by atoms with Crippen molar-refractivity contribution in [2.45, 2.75) is 32.4 Å². The van der Waals surface area contributed by atoms with E-state index in [2.05, 4.69) is 61.3 Å². The van der Waals surface area contributed by atoms with Gasteiger partial charge in [-0.3, -0.25) is 0 Å². The van der Waals surface area contributed by atoms with Crippen LogP contribution in [0.1, 0.15) is 36.9 Å². The molecule has 1 atom stereocenters. The largest absolute Gasteiger partial charge is 0.490 e. The Bertz CT molecular complexity index is 554. The minimum atomic E-state index is 0. The highest BCUT2D eigenvalue weighted by molar-refractivity contribution is 5.85. The summed E-state index contributed by atoms with van der Waals surface area (Å²) in [5, 5.41) is 3.66. The average Bonchev–Trinajstić information content (AvgIpc) is 2.58. The molecule has 0 bridgehead atoms. The Balaban J connectivity index is 0.00000264. The second-order valence-electron chi connectivity index (χ2n) is 5.38. The molecule has 0 spiro atoms. The summed E-state index contributed by atoms with van der Waals surface area (Å²) in [5.74, 6) is 0.886. The molecular weight excluding hydrogens is 306 g/mol. The van der Waals surface area contributed by atoms with Gasteiger partial charge in [0.1, 0.15) is 12.4 Å². The van der Waals surface area contributed by atoms with E-state index in [0.717, 1.165) is 18.7 Å². The Morgan fingerprint density at radius 2 is 1.78 bits per heavy atom. The van der Waals surface area contributed by atoms with Crippen molar-refractivity contribution in [3.63, 3.8) is 0 Å². The maximum absolute atomic E-state index is 5.51. The molecule has 0 aliphatic rings. The maximum atomic E-state index is 5.51. The molecule has 3 heteroatoms. The van der Waals surface area contributed by atoms with E-state index in [9.17, 15) is 0 Å². The van der Waals surface area contributed by atoms with Crippen LogP contribution in [0.3, 0.4) is 0 Å². The second kappa shape index (κ2) is 10.9. The van der Waals surface area contributed by atoms with Gasteiger partial charge in [0.05, 0.1) is 0 Å². The van der Waals surface area contributed by atoms with Crippen molar-refractivity contribution in [3.8, 4) is 5.75 Å². The van der Waals surface area contributed by atoms with E-state index in [1.165, 1.54) is 17.5 Å². The fraction of sp³-hybridized carbons (Fsp3) is 0.300. The number of halogens is 1. The van der Waals surface area contributed by atoms with Crippen LogP contribution in [0.15, 0.2) is 67.3 Å². The molecule has 2 aromatic rings. The van der Waals surface area contributed by atoms with Crippen LogP contribution < -0.4 is 10.1 Å². The maximum Gasteiger partial charge on any atom is 0.119 e. The summed E-state index contributed by atoms with van der Waals surface area (Å²) in [6.07, 6.45) is 4.07. The average molecular weight is 332 g/mol. The molecule has 0 saturated heterocycles. The van der Waals surface area contributed by atoms with Crippen LogP contribution in [-0.4, -0.2) is 6.61 Å². The van der Waals surface area contributed by atoms with Gasteiger partial charge >= 0.3 is 0 Å². The smallest absolute Gasteiger partial charge is 0.119 e. The van der Waals surface area contributed by atoms with Crippen molar-refractivity contribution in [2.75, 3.05) is 6.61 Å². The lowest BCUT2D eigenvalue weighted by Crippen LogP contribution is -2.20. The first-order valence-corrected chi connectivity index (χ1v) is 7.94. The molecule has 124 valence electrons. The lowest BCUT2D eigenvalue weighted by molar-refractivity contribution is 0.363. The summed E-state index contributed by atoms with van der Waals surface area (Å²) >= 11 is 0. The standard InChI is InChI=1S/C20H25NO.ClH/c1-3-8-20(18-9-6-5-7-10-18)21-16-17-11-13-19(14-12-17)22-15-4-2;/h4-7,9-14,20-21H,2-3,8,15-16H2,1H3;1H. The van der Waals surface area contributed by atoms with Crippen LogP contribution in [0.2, 0.25) is 0 Å². The summed E-state index contributed by atoms with van der Waals surface area (Å²) in [7, 11) is 0. The lowest BCUT2D eigenvalue weighted by Gasteiger charge is -2.19. The van der Waals surface area contributed by atoms with Gasteiger partial charge in [-0.05, 0) is 29.7 Å². The van der Waals surface area contributed by atoms with Crippen LogP contribution in [0.5, 0.6) is 5.75 Å². The Hall–Kier alpha value is -1.77. The molecule has 0 aliphatic carbocycles. The fourth-order valence-corrected chi connectivity index (χ4v) is 2.46.